The van der Waals surface area contributed by atoms with Crippen molar-refractivity contribution in [2.75, 3.05) is 47.3 Å². The Kier molecular flexibility index (Phi) is 5.13. The van der Waals surface area contributed by atoms with E-state index < -0.39 is 0 Å². The van der Waals surface area contributed by atoms with Gasteiger partial charge in [-0.3, -0.25) is 4.90 Å². The minimum atomic E-state index is -0.126. The van der Waals surface area contributed by atoms with E-state index in [1.807, 2.05) is 0 Å². The monoisotopic (exact) mass is 296 g/mol. The number of carbonyl (C=O) groups is 1. The second-order valence-corrected chi connectivity index (χ2v) is 5.67. The minimum absolute atomic E-state index is 0.126. The molecule has 1 saturated heterocycles. The molecule has 0 aliphatic carbocycles. The number of hydrogen-bond acceptors (Lipinski definition) is 6. The van der Waals surface area contributed by atoms with Crippen LogP contribution in [0, 0.1) is 6.92 Å². The molecule has 1 aliphatic rings. The number of likely N-dealkylation sites (N-methyl/N-ethyl adjacent to an activating group) is 2. The Morgan fingerprint density at radius 2 is 2.24 bits per heavy atom. The van der Waals surface area contributed by atoms with Gasteiger partial charge < -0.3 is 19.6 Å². The van der Waals surface area contributed by atoms with Gasteiger partial charge in [0.15, 0.2) is 5.82 Å². The second-order valence-electron chi connectivity index (χ2n) is 5.67. The molecule has 0 spiro atoms. The molecule has 21 heavy (non-hydrogen) atoms. The van der Waals surface area contributed by atoms with Crippen LogP contribution in [0.4, 0.5) is 4.79 Å². The standard InChI is InChI=1S/C13H24N6O2/c1-10-15-12(16-21-10)9-19(4)13(20)14-7-11-8-17(2)5-6-18(11)3/h11H,5-9H2,1-4H3,(H,14,20)/t11-/m1/s1. The number of nitrogens with zero attached hydrogens (tertiary/aromatic N) is 5. The molecule has 1 aliphatic heterocycles. The Morgan fingerprint density at radius 3 is 2.90 bits per heavy atom. The summed E-state index contributed by atoms with van der Waals surface area (Å²) in [6.07, 6.45) is 0. The zero-order chi connectivity index (χ0) is 15.4. The van der Waals surface area contributed by atoms with E-state index >= 15 is 0 Å². The van der Waals surface area contributed by atoms with Crippen LogP contribution in [-0.2, 0) is 6.54 Å². The highest BCUT2D eigenvalue weighted by Crippen LogP contribution is 2.05. The summed E-state index contributed by atoms with van der Waals surface area (Å²) in [6.45, 7) is 5.75. The fourth-order valence-electron chi connectivity index (χ4n) is 2.35. The van der Waals surface area contributed by atoms with Gasteiger partial charge in [-0.25, -0.2) is 4.79 Å². The van der Waals surface area contributed by atoms with Crippen molar-refractivity contribution in [1.82, 2.24) is 30.2 Å². The summed E-state index contributed by atoms with van der Waals surface area (Å²) in [6, 6.07) is 0.215. The Labute approximate surface area is 125 Å². The van der Waals surface area contributed by atoms with Gasteiger partial charge in [0.05, 0.1) is 6.54 Å². The summed E-state index contributed by atoms with van der Waals surface area (Å²) in [5.74, 6) is 1.02. The summed E-state index contributed by atoms with van der Waals surface area (Å²) in [5, 5.41) is 6.75. The molecule has 0 saturated carbocycles. The van der Waals surface area contributed by atoms with Crippen LogP contribution < -0.4 is 5.32 Å². The third-order valence-corrected chi connectivity index (χ3v) is 3.76. The maximum absolute atomic E-state index is 12.1. The topological polar surface area (TPSA) is 77.7 Å². The van der Waals surface area contributed by atoms with Gasteiger partial charge in [-0.1, -0.05) is 5.16 Å². The first-order chi connectivity index (χ1) is 9.95. The number of piperazine rings is 1. The molecule has 0 unspecified atom stereocenters. The molecule has 2 amide bonds. The molecule has 2 heterocycles. The fourth-order valence-corrected chi connectivity index (χ4v) is 2.35. The highest BCUT2D eigenvalue weighted by Gasteiger charge is 2.23. The van der Waals surface area contributed by atoms with E-state index in [4.69, 9.17) is 4.52 Å². The molecule has 1 atom stereocenters. The molecule has 1 fully saturated rings. The van der Waals surface area contributed by atoms with E-state index in [1.165, 1.54) is 0 Å². The van der Waals surface area contributed by atoms with Crippen molar-refractivity contribution in [1.29, 1.82) is 0 Å². The maximum atomic E-state index is 12.1. The second kappa shape index (κ2) is 6.86. The average molecular weight is 296 g/mol. The predicted octanol–water partition coefficient (Wildman–Crippen LogP) is -0.235. The van der Waals surface area contributed by atoms with E-state index in [0.29, 0.717) is 30.8 Å². The normalized spacial score (nSPS) is 20.5. The van der Waals surface area contributed by atoms with E-state index in [1.54, 1.807) is 18.9 Å². The average Bonchev–Trinajstić information content (AvgIpc) is 2.84. The lowest BCUT2D eigenvalue weighted by atomic mass is 10.2. The highest BCUT2D eigenvalue weighted by atomic mass is 16.5. The smallest absolute Gasteiger partial charge is 0.317 e. The Hall–Kier alpha value is -1.67. The molecule has 2 rings (SSSR count). The zero-order valence-electron chi connectivity index (χ0n) is 13.2. The Balaban J connectivity index is 1.78. The first-order valence-electron chi connectivity index (χ1n) is 7.12. The third kappa shape index (κ3) is 4.40. The van der Waals surface area contributed by atoms with Crippen molar-refractivity contribution in [3.05, 3.63) is 11.7 Å². The SMILES string of the molecule is Cc1nc(CN(C)C(=O)NC[C@@H]2CN(C)CCN2C)no1. The number of nitrogens with one attached hydrogen (secondary N) is 1. The summed E-state index contributed by atoms with van der Waals surface area (Å²) in [4.78, 5) is 22.3. The van der Waals surface area contributed by atoms with Gasteiger partial charge in [-0.05, 0) is 14.1 Å². The van der Waals surface area contributed by atoms with Crippen LogP contribution in [0.2, 0.25) is 0 Å². The molecule has 0 bridgehead atoms. The van der Waals surface area contributed by atoms with Crippen molar-refractivity contribution >= 4 is 6.03 Å². The molecular formula is C13H24N6O2. The minimum Gasteiger partial charge on any atom is -0.340 e. The maximum Gasteiger partial charge on any atom is 0.317 e. The van der Waals surface area contributed by atoms with E-state index in [9.17, 15) is 4.79 Å². The number of aromatic nitrogens is 2. The molecule has 1 aromatic rings. The van der Waals surface area contributed by atoms with E-state index in [2.05, 4.69) is 39.4 Å². The number of aryl methyl sites for hydroxylation is 1. The molecule has 1 aromatic heterocycles. The van der Waals surface area contributed by atoms with Crippen molar-refractivity contribution in [2.45, 2.75) is 19.5 Å². The van der Waals surface area contributed by atoms with Crippen LogP contribution in [-0.4, -0.2) is 84.2 Å². The lowest BCUT2D eigenvalue weighted by molar-refractivity contribution is 0.113. The van der Waals surface area contributed by atoms with E-state index in [-0.39, 0.29) is 6.03 Å². The predicted molar refractivity (Wildman–Crippen MR) is 77.8 cm³/mol. The van der Waals surface area contributed by atoms with Crippen LogP contribution >= 0.6 is 0 Å². The summed E-state index contributed by atoms with van der Waals surface area (Å²) in [5.41, 5.74) is 0. The first-order valence-corrected chi connectivity index (χ1v) is 7.12. The van der Waals surface area contributed by atoms with E-state index in [0.717, 1.165) is 19.6 Å². The van der Waals surface area contributed by atoms with Gasteiger partial charge >= 0.3 is 6.03 Å². The van der Waals surface area contributed by atoms with Crippen LogP contribution in [0.25, 0.3) is 0 Å². The molecule has 8 heteroatoms. The van der Waals surface area contributed by atoms with Crippen molar-refractivity contribution in [2.24, 2.45) is 0 Å². The molecule has 0 radical (unpaired) electrons. The van der Waals surface area contributed by atoms with Gasteiger partial charge in [0.1, 0.15) is 0 Å². The van der Waals surface area contributed by atoms with Crippen LogP contribution in [0.3, 0.4) is 0 Å². The lowest BCUT2D eigenvalue weighted by Crippen LogP contribution is -2.55. The van der Waals surface area contributed by atoms with Crippen LogP contribution in [0.5, 0.6) is 0 Å². The number of rotatable bonds is 4. The van der Waals surface area contributed by atoms with Crippen molar-refractivity contribution in [3.63, 3.8) is 0 Å². The molecule has 0 aromatic carbocycles. The van der Waals surface area contributed by atoms with Gasteiger partial charge in [0.25, 0.3) is 0 Å². The number of carbonyl (C=O) groups excluding carboxylic acids is 1. The molecule has 8 nitrogen and oxygen atoms in total. The van der Waals surface area contributed by atoms with Gasteiger partial charge in [-0.15, -0.1) is 0 Å². The third-order valence-electron chi connectivity index (χ3n) is 3.76. The van der Waals surface area contributed by atoms with Crippen LogP contribution in [0.15, 0.2) is 4.52 Å². The van der Waals surface area contributed by atoms with Gasteiger partial charge in [0, 0.05) is 46.2 Å². The van der Waals surface area contributed by atoms with Gasteiger partial charge in [0.2, 0.25) is 5.89 Å². The molecule has 1 N–H and O–H groups in total. The Bertz CT molecular complexity index is 477. The first kappa shape index (κ1) is 15.7. The molecular weight excluding hydrogens is 272 g/mol. The van der Waals surface area contributed by atoms with Crippen LogP contribution in [0.1, 0.15) is 11.7 Å². The van der Waals surface area contributed by atoms with Crippen molar-refractivity contribution < 1.29 is 9.32 Å². The number of hydrogen-bond donors (Lipinski definition) is 1. The van der Waals surface area contributed by atoms with Crippen molar-refractivity contribution in [3.8, 4) is 0 Å². The fraction of sp³-hybridized carbons (Fsp3) is 0.769. The number of urea groups is 1. The quantitative estimate of drug-likeness (QED) is 0.826. The summed E-state index contributed by atoms with van der Waals surface area (Å²) in [7, 11) is 5.92. The largest absolute Gasteiger partial charge is 0.340 e. The Morgan fingerprint density at radius 1 is 1.48 bits per heavy atom. The number of amides is 2. The summed E-state index contributed by atoms with van der Waals surface area (Å²) < 4.78 is 4.89. The van der Waals surface area contributed by atoms with Gasteiger partial charge in [-0.2, -0.15) is 4.98 Å². The summed E-state index contributed by atoms with van der Waals surface area (Å²) >= 11 is 0. The molecule has 118 valence electrons. The highest BCUT2D eigenvalue weighted by molar-refractivity contribution is 5.73. The lowest BCUT2D eigenvalue weighted by Gasteiger charge is -2.37. The zero-order valence-corrected chi connectivity index (χ0v) is 13.2.